The minimum atomic E-state index is 0.0363. The van der Waals surface area contributed by atoms with Crippen molar-refractivity contribution in [3.05, 3.63) is 48.5 Å². The number of aromatic nitrogens is 3. The number of hydrogen-bond donors (Lipinski definition) is 0. The van der Waals surface area contributed by atoms with Crippen molar-refractivity contribution in [1.82, 2.24) is 24.6 Å². The van der Waals surface area contributed by atoms with Crippen LogP contribution in [-0.4, -0.2) is 56.0 Å². The number of nitrogens with zero attached hydrogens (tertiary/aromatic N) is 5. The molecule has 1 spiro atoms. The molecule has 2 aliphatic heterocycles. The van der Waals surface area contributed by atoms with E-state index in [0.717, 1.165) is 32.5 Å². The molecule has 0 bridgehead atoms. The molecule has 0 atom stereocenters. The first kappa shape index (κ1) is 17.7. The molecule has 2 aliphatic rings. The third-order valence-corrected chi connectivity index (χ3v) is 5.82. The van der Waals surface area contributed by atoms with Crippen LogP contribution >= 0.6 is 0 Å². The molecule has 2 amide bonds. The van der Waals surface area contributed by atoms with Gasteiger partial charge >= 0.3 is 0 Å². The summed E-state index contributed by atoms with van der Waals surface area (Å²) in [7, 11) is 0. The van der Waals surface area contributed by atoms with Gasteiger partial charge in [-0.1, -0.05) is 30.3 Å². The van der Waals surface area contributed by atoms with Gasteiger partial charge in [0.05, 0.1) is 6.54 Å². The Morgan fingerprint density at radius 1 is 1.15 bits per heavy atom. The van der Waals surface area contributed by atoms with Gasteiger partial charge in [0.2, 0.25) is 11.8 Å². The molecule has 0 aliphatic carbocycles. The second kappa shape index (κ2) is 7.50. The Hall–Kier alpha value is -2.70. The zero-order chi connectivity index (χ0) is 18.7. The second-order valence-corrected chi connectivity index (χ2v) is 7.70. The molecule has 3 heterocycles. The molecule has 7 nitrogen and oxygen atoms in total. The lowest BCUT2D eigenvalue weighted by atomic mass is 9.77. The van der Waals surface area contributed by atoms with Crippen LogP contribution in [0.1, 0.15) is 31.2 Å². The summed E-state index contributed by atoms with van der Waals surface area (Å²) < 4.78 is 1.68. The van der Waals surface area contributed by atoms with Gasteiger partial charge in [0.25, 0.3) is 0 Å². The van der Waals surface area contributed by atoms with Crippen LogP contribution in [0, 0.1) is 5.41 Å². The second-order valence-electron chi connectivity index (χ2n) is 7.70. The molecule has 0 N–H and O–H groups in total. The highest BCUT2D eigenvalue weighted by molar-refractivity contribution is 5.80. The van der Waals surface area contributed by atoms with Crippen LogP contribution in [0.5, 0.6) is 0 Å². The van der Waals surface area contributed by atoms with E-state index in [4.69, 9.17) is 0 Å². The Bertz CT molecular complexity index is 782. The molecule has 142 valence electrons. The standard InChI is InChI=1S/C20H25N5O2/c26-18(6-9-25-16-21-15-22-25)23-10-7-20(8-11-23)12-19(27)24(14-20)13-17-4-2-1-3-5-17/h1-5,15-16H,6-14H2. The molecule has 4 rings (SSSR count). The topological polar surface area (TPSA) is 71.3 Å². The molecule has 1 aromatic carbocycles. The molecule has 2 fully saturated rings. The Kier molecular flexibility index (Phi) is 4.92. The summed E-state index contributed by atoms with van der Waals surface area (Å²) in [5.74, 6) is 0.399. The lowest BCUT2D eigenvalue weighted by Gasteiger charge is -2.39. The average Bonchev–Trinajstić information content (AvgIpc) is 3.30. The van der Waals surface area contributed by atoms with Crippen molar-refractivity contribution in [2.45, 2.75) is 38.8 Å². The summed E-state index contributed by atoms with van der Waals surface area (Å²) >= 11 is 0. The Morgan fingerprint density at radius 3 is 2.63 bits per heavy atom. The van der Waals surface area contributed by atoms with Crippen LogP contribution in [-0.2, 0) is 22.7 Å². The highest BCUT2D eigenvalue weighted by Gasteiger charge is 2.45. The number of rotatable bonds is 5. The van der Waals surface area contributed by atoms with Gasteiger partial charge in [0.15, 0.2) is 0 Å². The number of piperidine rings is 1. The fourth-order valence-electron chi connectivity index (χ4n) is 4.21. The van der Waals surface area contributed by atoms with Crippen molar-refractivity contribution < 1.29 is 9.59 Å². The molecule has 2 aromatic rings. The van der Waals surface area contributed by atoms with Crippen molar-refractivity contribution in [2.75, 3.05) is 19.6 Å². The van der Waals surface area contributed by atoms with Crippen molar-refractivity contribution in [1.29, 1.82) is 0 Å². The number of carbonyl (C=O) groups is 2. The van der Waals surface area contributed by atoms with E-state index in [1.807, 2.05) is 28.0 Å². The van der Waals surface area contributed by atoms with E-state index in [1.54, 1.807) is 11.0 Å². The minimum Gasteiger partial charge on any atom is -0.343 e. The van der Waals surface area contributed by atoms with E-state index in [1.165, 1.54) is 11.9 Å². The van der Waals surface area contributed by atoms with Crippen molar-refractivity contribution >= 4 is 11.8 Å². The lowest BCUT2D eigenvalue weighted by Crippen LogP contribution is -2.44. The number of amides is 2. The van der Waals surface area contributed by atoms with Crippen LogP contribution in [0.4, 0.5) is 0 Å². The summed E-state index contributed by atoms with van der Waals surface area (Å²) in [4.78, 5) is 32.8. The van der Waals surface area contributed by atoms with Gasteiger partial charge in [0.1, 0.15) is 12.7 Å². The summed E-state index contributed by atoms with van der Waals surface area (Å²) in [6.45, 7) is 3.53. The maximum atomic E-state index is 12.5. The molecule has 0 saturated carbocycles. The van der Waals surface area contributed by atoms with Gasteiger partial charge in [0, 0.05) is 44.4 Å². The van der Waals surface area contributed by atoms with Gasteiger partial charge in [-0.2, -0.15) is 5.10 Å². The van der Waals surface area contributed by atoms with Gasteiger partial charge in [-0.05, 0) is 18.4 Å². The third-order valence-electron chi connectivity index (χ3n) is 5.82. The summed E-state index contributed by atoms with van der Waals surface area (Å²) in [5, 5.41) is 4.03. The van der Waals surface area contributed by atoms with Crippen LogP contribution in [0.15, 0.2) is 43.0 Å². The number of aryl methyl sites for hydroxylation is 1. The molecule has 2 saturated heterocycles. The fourth-order valence-corrected chi connectivity index (χ4v) is 4.21. The summed E-state index contributed by atoms with van der Waals surface area (Å²) in [5.41, 5.74) is 1.21. The summed E-state index contributed by atoms with van der Waals surface area (Å²) in [6, 6.07) is 10.1. The van der Waals surface area contributed by atoms with E-state index < -0.39 is 0 Å². The predicted octanol–water partition coefficient (Wildman–Crippen LogP) is 1.71. The van der Waals surface area contributed by atoms with Crippen LogP contribution in [0.25, 0.3) is 0 Å². The average molecular weight is 367 g/mol. The lowest BCUT2D eigenvalue weighted by molar-refractivity contribution is -0.133. The third kappa shape index (κ3) is 4.02. The Labute approximate surface area is 159 Å². The van der Waals surface area contributed by atoms with Gasteiger partial charge in [-0.15, -0.1) is 0 Å². The van der Waals surface area contributed by atoms with Crippen molar-refractivity contribution in [3.8, 4) is 0 Å². The fraction of sp³-hybridized carbons (Fsp3) is 0.500. The van der Waals surface area contributed by atoms with Crippen molar-refractivity contribution in [2.24, 2.45) is 5.41 Å². The maximum absolute atomic E-state index is 12.5. The van der Waals surface area contributed by atoms with Gasteiger partial charge in [-0.3, -0.25) is 14.3 Å². The molecular formula is C20H25N5O2. The zero-order valence-corrected chi connectivity index (χ0v) is 15.5. The molecule has 0 radical (unpaired) electrons. The quantitative estimate of drug-likeness (QED) is 0.807. The zero-order valence-electron chi connectivity index (χ0n) is 15.5. The summed E-state index contributed by atoms with van der Waals surface area (Å²) in [6.07, 6.45) is 5.96. The van der Waals surface area contributed by atoms with Crippen LogP contribution in [0.3, 0.4) is 0 Å². The molecule has 1 aromatic heterocycles. The van der Waals surface area contributed by atoms with Crippen LogP contribution < -0.4 is 0 Å². The number of carbonyl (C=O) groups excluding carboxylic acids is 2. The highest BCUT2D eigenvalue weighted by atomic mass is 16.2. The largest absolute Gasteiger partial charge is 0.343 e. The maximum Gasteiger partial charge on any atom is 0.224 e. The molecule has 0 unspecified atom stereocenters. The van der Waals surface area contributed by atoms with E-state index in [9.17, 15) is 9.59 Å². The Morgan fingerprint density at radius 2 is 1.93 bits per heavy atom. The molecular weight excluding hydrogens is 342 g/mol. The van der Waals surface area contributed by atoms with Crippen molar-refractivity contribution in [3.63, 3.8) is 0 Å². The molecule has 27 heavy (non-hydrogen) atoms. The first-order valence-electron chi connectivity index (χ1n) is 9.55. The monoisotopic (exact) mass is 367 g/mol. The predicted molar refractivity (Wildman–Crippen MR) is 99.4 cm³/mol. The number of benzene rings is 1. The Balaban J connectivity index is 1.29. The van der Waals surface area contributed by atoms with E-state index in [2.05, 4.69) is 22.2 Å². The molecule has 7 heteroatoms. The number of hydrogen-bond acceptors (Lipinski definition) is 4. The first-order chi connectivity index (χ1) is 13.1. The smallest absolute Gasteiger partial charge is 0.224 e. The normalized spacial score (nSPS) is 19.0. The first-order valence-corrected chi connectivity index (χ1v) is 9.55. The van der Waals surface area contributed by atoms with Gasteiger partial charge in [-0.25, -0.2) is 4.98 Å². The van der Waals surface area contributed by atoms with E-state index in [-0.39, 0.29) is 17.2 Å². The number of likely N-dealkylation sites (tertiary alicyclic amines) is 2. The van der Waals surface area contributed by atoms with E-state index in [0.29, 0.717) is 25.9 Å². The minimum absolute atomic E-state index is 0.0363. The van der Waals surface area contributed by atoms with Crippen LogP contribution in [0.2, 0.25) is 0 Å². The SMILES string of the molecule is O=C(CCn1cncn1)N1CCC2(CC1)CC(=O)N(Cc1ccccc1)C2. The van der Waals surface area contributed by atoms with Gasteiger partial charge < -0.3 is 9.80 Å². The highest BCUT2D eigenvalue weighted by Crippen LogP contribution is 2.41. The van der Waals surface area contributed by atoms with E-state index >= 15 is 0 Å².